The van der Waals surface area contributed by atoms with E-state index in [1.54, 1.807) is 0 Å². The zero-order valence-corrected chi connectivity index (χ0v) is 15.1. The molecule has 1 aromatic rings. The van der Waals surface area contributed by atoms with Gasteiger partial charge in [0.05, 0.1) is 5.70 Å². The predicted molar refractivity (Wildman–Crippen MR) is 96.9 cm³/mol. The highest BCUT2D eigenvalue weighted by atomic mass is 15.5. The number of amidine groups is 1. The van der Waals surface area contributed by atoms with Gasteiger partial charge in [-0.25, -0.2) is 0 Å². The van der Waals surface area contributed by atoms with Crippen molar-refractivity contribution in [3.8, 4) is 0 Å². The SMILES string of the molecule is C/C=C1\C(=N/C)N2c3ccccc3C3(C)CC3(C)C2N1C(C)C. The molecule has 2 heterocycles. The normalized spacial score (nSPS) is 38.1. The number of nitrogens with zero attached hydrogens (tertiary/aromatic N) is 3. The lowest BCUT2D eigenvalue weighted by atomic mass is 9.81. The molecule has 1 saturated carbocycles. The maximum absolute atomic E-state index is 4.70. The molecule has 23 heavy (non-hydrogen) atoms. The third kappa shape index (κ3) is 1.53. The maximum atomic E-state index is 4.70. The Kier molecular flexibility index (Phi) is 2.83. The number of fused-ring (bicyclic) bond motifs is 6. The first-order valence-corrected chi connectivity index (χ1v) is 8.71. The molecular weight excluding hydrogens is 282 g/mol. The van der Waals surface area contributed by atoms with Crippen LogP contribution >= 0.6 is 0 Å². The highest BCUT2D eigenvalue weighted by Gasteiger charge is 2.73. The summed E-state index contributed by atoms with van der Waals surface area (Å²) >= 11 is 0. The fraction of sp³-hybridized carbons (Fsp3) is 0.550. The highest BCUT2D eigenvalue weighted by molar-refractivity contribution is 6.13. The molecule has 3 atom stereocenters. The van der Waals surface area contributed by atoms with Gasteiger partial charge in [0.2, 0.25) is 0 Å². The molecule has 0 spiro atoms. The molecule has 3 unspecified atom stereocenters. The Morgan fingerprint density at radius 1 is 1.26 bits per heavy atom. The van der Waals surface area contributed by atoms with Crippen molar-refractivity contribution in [2.24, 2.45) is 10.4 Å². The van der Waals surface area contributed by atoms with E-state index in [2.05, 4.69) is 74.8 Å². The summed E-state index contributed by atoms with van der Waals surface area (Å²) in [5.41, 5.74) is 4.66. The molecule has 0 aromatic heterocycles. The Labute approximate surface area is 139 Å². The van der Waals surface area contributed by atoms with Crippen molar-refractivity contribution >= 4 is 11.5 Å². The Morgan fingerprint density at radius 2 is 1.96 bits per heavy atom. The highest BCUT2D eigenvalue weighted by Crippen LogP contribution is 2.73. The fourth-order valence-corrected chi connectivity index (χ4v) is 5.13. The topological polar surface area (TPSA) is 18.8 Å². The van der Waals surface area contributed by atoms with Crippen LogP contribution in [0, 0.1) is 5.41 Å². The van der Waals surface area contributed by atoms with Crippen LogP contribution in [0.2, 0.25) is 0 Å². The first kappa shape index (κ1) is 14.8. The number of benzene rings is 1. The summed E-state index contributed by atoms with van der Waals surface area (Å²) in [5.74, 6) is 1.12. The van der Waals surface area contributed by atoms with Crippen LogP contribution in [0.5, 0.6) is 0 Å². The van der Waals surface area contributed by atoms with Crippen LogP contribution in [-0.2, 0) is 5.41 Å². The monoisotopic (exact) mass is 309 g/mol. The summed E-state index contributed by atoms with van der Waals surface area (Å²) in [6.07, 6.45) is 3.84. The van der Waals surface area contributed by atoms with Gasteiger partial charge in [-0.3, -0.25) is 4.99 Å². The molecule has 3 nitrogen and oxygen atoms in total. The smallest absolute Gasteiger partial charge is 0.153 e. The Hall–Kier alpha value is -1.77. The molecule has 2 aliphatic heterocycles. The fourth-order valence-electron chi connectivity index (χ4n) is 5.13. The lowest BCUT2D eigenvalue weighted by molar-refractivity contribution is 0.156. The van der Waals surface area contributed by atoms with E-state index in [1.165, 1.54) is 23.4 Å². The molecule has 3 aliphatic rings. The van der Waals surface area contributed by atoms with Crippen LogP contribution in [0.15, 0.2) is 41.0 Å². The minimum Gasteiger partial charge on any atom is -0.345 e. The summed E-state index contributed by atoms with van der Waals surface area (Å²) in [6.45, 7) is 11.6. The first-order valence-electron chi connectivity index (χ1n) is 8.71. The standard InChI is InChI=1S/C20H27N3/c1-7-15-17(21-6)23-16-11-9-8-10-14(16)19(4)12-20(19,5)18(23)22(15)13(2)3/h7-11,13,18H,12H2,1-6H3/b15-7+,21-17+. The minimum absolute atomic E-state index is 0.270. The maximum Gasteiger partial charge on any atom is 0.153 e. The number of anilines is 1. The van der Waals surface area contributed by atoms with E-state index < -0.39 is 0 Å². The molecule has 122 valence electrons. The van der Waals surface area contributed by atoms with E-state index in [-0.39, 0.29) is 10.8 Å². The van der Waals surface area contributed by atoms with Crippen molar-refractivity contribution in [2.75, 3.05) is 11.9 Å². The van der Waals surface area contributed by atoms with E-state index in [0.29, 0.717) is 12.2 Å². The Balaban J connectivity index is 2.01. The second-order valence-corrected chi connectivity index (χ2v) is 7.91. The van der Waals surface area contributed by atoms with E-state index >= 15 is 0 Å². The summed E-state index contributed by atoms with van der Waals surface area (Å²) < 4.78 is 0. The quantitative estimate of drug-likeness (QED) is 0.776. The zero-order chi connectivity index (χ0) is 16.6. The average molecular weight is 309 g/mol. The summed E-state index contributed by atoms with van der Waals surface area (Å²) in [4.78, 5) is 9.78. The van der Waals surface area contributed by atoms with Crippen molar-refractivity contribution in [3.05, 3.63) is 41.6 Å². The molecule has 0 bridgehead atoms. The number of rotatable bonds is 1. The number of para-hydroxylation sites is 1. The third-order valence-corrected chi connectivity index (χ3v) is 6.47. The Morgan fingerprint density at radius 3 is 2.57 bits per heavy atom. The van der Waals surface area contributed by atoms with Crippen LogP contribution in [0.25, 0.3) is 0 Å². The van der Waals surface area contributed by atoms with E-state index in [4.69, 9.17) is 4.99 Å². The van der Waals surface area contributed by atoms with Crippen LogP contribution in [-0.4, -0.2) is 30.0 Å². The van der Waals surface area contributed by atoms with Crippen molar-refractivity contribution in [3.63, 3.8) is 0 Å². The molecule has 0 N–H and O–H groups in total. The molecule has 0 radical (unpaired) electrons. The molecule has 0 amide bonds. The number of hydrogen-bond donors (Lipinski definition) is 0. The number of aliphatic imine (C=N–C) groups is 1. The van der Waals surface area contributed by atoms with Crippen LogP contribution in [0.3, 0.4) is 0 Å². The van der Waals surface area contributed by atoms with Gasteiger partial charge in [-0.2, -0.15) is 0 Å². The van der Waals surface area contributed by atoms with Gasteiger partial charge in [0, 0.05) is 29.6 Å². The molecular formula is C20H27N3. The van der Waals surface area contributed by atoms with Gasteiger partial charge in [-0.05, 0) is 38.8 Å². The van der Waals surface area contributed by atoms with Crippen molar-refractivity contribution in [2.45, 2.75) is 58.7 Å². The van der Waals surface area contributed by atoms with Crippen LogP contribution in [0.4, 0.5) is 5.69 Å². The molecule has 1 aliphatic carbocycles. The van der Waals surface area contributed by atoms with Gasteiger partial charge in [0.1, 0.15) is 6.17 Å². The molecule has 1 saturated heterocycles. The summed E-state index contributed by atoms with van der Waals surface area (Å²) in [6, 6.07) is 9.38. The molecule has 4 rings (SSSR count). The number of allylic oxidation sites excluding steroid dienone is 1. The second kappa shape index (κ2) is 4.40. The van der Waals surface area contributed by atoms with E-state index in [0.717, 1.165) is 5.84 Å². The van der Waals surface area contributed by atoms with Gasteiger partial charge in [0.25, 0.3) is 0 Å². The molecule has 1 aromatic carbocycles. The predicted octanol–water partition coefficient (Wildman–Crippen LogP) is 4.16. The van der Waals surface area contributed by atoms with Crippen LogP contribution < -0.4 is 4.90 Å². The third-order valence-electron chi connectivity index (χ3n) is 6.47. The van der Waals surface area contributed by atoms with Crippen molar-refractivity contribution in [1.82, 2.24) is 4.90 Å². The average Bonchev–Trinajstić information content (AvgIpc) is 2.96. The van der Waals surface area contributed by atoms with Crippen molar-refractivity contribution < 1.29 is 0 Å². The lowest BCUT2D eigenvalue weighted by Gasteiger charge is -2.45. The molecule has 3 heteroatoms. The summed E-state index contributed by atoms with van der Waals surface area (Å²) in [5, 5.41) is 0. The van der Waals surface area contributed by atoms with Gasteiger partial charge in [-0.1, -0.05) is 38.1 Å². The lowest BCUT2D eigenvalue weighted by Crippen LogP contribution is -2.52. The van der Waals surface area contributed by atoms with Gasteiger partial charge in [0.15, 0.2) is 5.84 Å². The first-order chi connectivity index (χ1) is 10.9. The van der Waals surface area contributed by atoms with E-state index in [9.17, 15) is 0 Å². The Bertz CT molecular complexity index is 732. The minimum atomic E-state index is 0.270. The van der Waals surface area contributed by atoms with Gasteiger partial charge < -0.3 is 9.80 Å². The number of hydrogen-bond acceptors (Lipinski definition) is 2. The van der Waals surface area contributed by atoms with Crippen molar-refractivity contribution in [1.29, 1.82) is 0 Å². The van der Waals surface area contributed by atoms with Gasteiger partial charge >= 0.3 is 0 Å². The zero-order valence-electron chi connectivity index (χ0n) is 15.1. The summed E-state index contributed by atoms with van der Waals surface area (Å²) in [7, 11) is 1.92. The second-order valence-electron chi connectivity index (χ2n) is 7.91. The van der Waals surface area contributed by atoms with Crippen LogP contribution in [0.1, 0.15) is 46.6 Å². The van der Waals surface area contributed by atoms with Gasteiger partial charge in [-0.15, -0.1) is 0 Å². The largest absolute Gasteiger partial charge is 0.345 e. The van der Waals surface area contributed by atoms with E-state index in [1.807, 2.05) is 7.05 Å². The molecule has 2 fully saturated rings.